The van der Waals surface area contributed by atoms with Gasteiger partial charge >= 0.3 is 0 Å². The Balaban J connectivity index is 0.00000242. The van der Waals surface area contributed by atoms with Crippen LogP contribution in [-0.4, -0.2) is 38.4 Å². The third-order valence-electron chi connectivity index (χ3n) is 3.70. The lowest BCUT2D eigenvalue weighted by Crippen LogP contribution is -2.47. The van der Waals surface area contributed by atoms with E-state index in [1.165, 1.54) is 0 Å². The first kappa shape index (κ1) is 18.9. The number of hydrogen-bond donors (Lipinski definition) is 2. The van der Waals surface area contributed by atoms with Gasteiger partial charge in [0.15, 0.2) is 0 Å². The summed E-state index contributed by atoms with van der Waals surface area (Å²) in [4.78, 5) is 14.4. The molecule has 1 aliphatic rings. The van der Waals surface area contributed by atoms with Crippen LogP contribution in [0.3, 0.4) is 0 Å². The second kappa shape index (κ2) is 7.92. The van der Waals surface area contributed by atoms with E-state index in [9.17, 15) is 13.2 Å². The molecular formula is C14H22ClN3O3S. The quantitative estimate of drug-likeness (QED) is 0.841. The maximum absolute atomic E-state index is 12.6. The van der Waals surface area contributed by atoms with Crippen molar-refractivity contribution in [3.05, 3.63) is 35.4 Å². The number of carbonyl (C=O) groups excluding carboxylic acids is 1. The number of nitrogens with two attached hydrogens (primary N) is 2. The molecule has 1 aromatic carbocycles. The third kappa shape index (κ3) is 4.95. The Kier molecular flexibility index (Phi) is 6.80. The summed E-state index contributed by atoms with van der Waals surface area (Å²) in [6.45, 7) is 1.14. The molecule has 0 saturated carbocycles. The number of halogens is 1. The predicted molar refractivity (Wildman–Crippen MR) is 88.2 cm³/mol. The molecule has 4 N–H and O–H groups in total. The molecule has 0 radical (unpaired) electrons. The van der Waals surface area contributed by atoms with Crippen LogP contribution >= 0.6 is 12.4 Å². The summed E-state index contributed by atoms with van der Waals surface area (Å²) in [6, 6.07) is 6.67. The molecule has 0 aliphatic carbocycles. The van der Waals surface area contributed by atoms with Crippen LogP contribution in [-0.2, 0) is 15.8 Å². The van der Waals surface area contributed by atoms with E-state index in [1.807, 2.05) is 0 Å². The highest BCUT2D eigenvalue weighted by Crippen LogP contribution is 2.19. The van der Waals surface area contributed by atoms with E-state index in [4.69, 9.17) is 10.9 Å². The molecule has 1 aliphatic heterocycles. The highest BCUT2D eigenvalue weighted by Gasteiger charge is 2.26. The van der Waals surface area contributed by atoms with Crippen LogP contribution in [0, 0.1) is 0 Å². The van der Waals surface area contributed by atoms with Crippen LogP contribution in [0.5, 0.6) is 0 Å². The molecule has 0 bridgehead atoms. The van der Waals surface area contributed by atoms with E-state index >= 15 is 0 Å². The zero-order chi connectivity index (χ0) is 15.5. The second-order valence-electron chi connectivity index (χ2n) is 5.39. The number of piperidine rings is 1. The standard InChI is InChI=1S/C14H21N3O3S.ClH/c15-9-13-6-1-2-7-17(13)14(18)12-5-3-4-11(8-12)10-21(16,19)20;/h3-5,8,13H,1-2,6-7,9-10,15H2,(H2,16,19,20);1H. The van der Waals surface area contributed by atoms with Crippen molar-refractivity contribution >= 4 is 28.3 Å². The Labute approximate surface area is 137 Å². The molecule has 1 fully saturated rings. The molecule has 2 rings (SSSR count). The van der Waals surface area contributed by atoms with Gasteiger partial charge in [0.25, 0.3) is 5.91 Å². The fourth-order valence-corrected chi connectivity index (χ4v) is 3.35. The van der Waals surface area contributed by atoms with Gasteiger partial charge in [-0.3, -0.25) is 4.79 Å². The lowest BCUT2D eigenvalue weighted by molar-refractivity contribution is 0.0623. The number of primary sulfonamides is 1. The Morgan fingerprint density at radius 2 is 2.05 bits per heavy atom. The van der Waals surface area contributed by atoms with Crippen molar-refractivity contribution in [3.63, 3.8) is 0 Å². The second-order valence-corrected chi connectivity index (χ2v) is 7.01. The van der Waals surface area contributed by atoms with Crippen LogP contribution in [0.25, 0.3) is 0 Å². The van der Waals surface area contributed by atoms with Gasteiger partial charge in [0.05, 0.1) is 5.75 Å². The number of nitrogens with zero attached hydrogens (tertiary/aromatic N) is 1. The third-order valence-corrected chi connectivity index (χ3v) is 4.44. The summed E-state index contributed by atoms with van der Waals surface area (Å²) in [5.41, 5.74) is 6.73. The van der Waals surface area contributed by atoms with Crippen LogP contribution in [0.4, 0.5) is 0 Å². The normalized spacial score (nSPS) is 18.6. The summed E-state index contributed by atoms with van der Waals surface area (Å²) in [5, 5.41) is 5.04. The smallest absolute Gasteiger partial charge is 0.254 e. The maximum Gasteiger partial charge on any atom is 0.254 e. The molecule has 1 unspecified atom stereocenters. The van der Waals surface area contributed by atoms with Gasteiger partial charge in [-0.1, -0.05) is 12.1 Å². The topological polar surface area (TPSA) is 106 Å². The Morgan fingerprint density at radius 3 is 2.68 bits per heavy atom. The molecule has 0 spiro atoms. The van der Waals surface area contributed by atoms with Gasteiger partial charge < -0.3 is 10.6 Å². The summed E-state index contributed by atoms with van der Waals surface area (Å²) < 4.78 is 22.3. The van der Waals surface area contributed by atoms with Gasteiger partial charge in [-0.15, -0.1) is 12.4 Å². The van der Waals surface area contributed by atoms with Gasteiger partial charge in [-0.05, 0) is 37.0 Å². The molecule has 1 aromatic rings. The van der Waals surface area contributed by atoms with E-state index in [2.05, 4.69) is 0 Å². The minimum Gasteiger partial charge on any atom is -0.334 e. The molecule has 1 saturated heterocycles. The van der Waals surface area contributed by atoms with Crippen LogP contribution in [0.2, 0.25) is 0 Å². The van der Waals surface area contributed by atoms with Crippen molar-refractivity contribution in [1.82, 2.24) is 4.90 Å². The Hall–Kier alpha value is -1.15. The number of sulfonamides is 1. The Morgan fingerprint density at radius 1 is 1.32 bits per heavy atom. The van der Waals surface area contributed by atoms with Crippen molar-refractivity contribution in [2.45, 2.75) is 31.1 Å². The summed E-state index contributed by atoms with van der Waals surface area (Å²) in [5.74, 6) is -0.365. The van der Waals surface area contributed by atoms with E-state index in [1.54, 1.807) is 29.2 Å². The van der Waals surface area contributed by atoms with Gasteiger partial charge in [0, 0.05) is 24.7 Å². The predicted octanol–water partition coefficient (Wildman–Crippen LogP) is 0.850. The highest BCUT2D eigenvalue weighted by atomic mass is 35.5. The average Bonchev–Trinajstić information content (AvgIpc) is 2.45. The SMILES string of the molecule is Cl.NCC1CCCCN1C(=O)c1cccc(CS(N)(=O)=O)c1. The lowest BCUT2D eigenvalue weighted by Gasteiger charge is -2.35. The van der Waals surface area contributed by atoms with Crippen molar-refractivity contribution in [3.8, 4) is 0 Å². The van der Waals surface area contributed by atoms with Crippen molar-refractivity contribution in [2.75, 3.05) is 13.1 Å². The molecule has 1 amide bonds. The molecular weight excluding hydrogens is 326 g/mol. The minimum absolute atomic E-state index is 0. The number of hydrogen-bond acceptors (Lipinski definition) is 4. The monoisotopic (exact) mass is 347 g/mol. The van der Waals surface area contributed by atoms with Gasteiger partial charge in [-0.2, -0.15) is 0 Å². The molecule has 0 aromatic heterocycles. The largest absolute Gasteiger partial charge is 0.334 e. The van der Waals surface area contributed by atoms with Crippen LogP contribution in [0.1, 0.15) is 35.2 Å². The first-order valence-electron chi connectivity index (χ1n) is 7.01. The van der Waals surface area contributed by atoms with E-state index in [-0.39, 0.29) is 30.1 Å². The number of carbonyl (C=O) groups is 1. The lowest BCUT2D eigenvalue weighted by atomic mass is 10.0. The average molecular weight is 348 g/mol. The number of benzene rings is 1. The van der Waals surface area contributed by atoms with Gasteiger partial charge in [0.2, 0.25) is 10.0 Å². The van der Waals surface area contributed by atoms with Crippen molar-refractivity contribution in [1.29, 1.82) is 0 Å². The molecule has 1 atom stereocenters. The fraction of sp³-hybridized carbons (Fsp3) is 0.500. The van der Waals surface area contributed by atoms with E-state index in [0.717, 1.165) is 19.3 Å². The van der Waals surface area contributed by atoms with Gasteiger partial charge in [0.1, 0.15) is 0 Å². The van der Waals surface area contributed by atoms with Crippen LogP contribution < -0.4 is 10.9 Å². The van der Waals surface area contributed by atoms with Gasteiger partial charge in [-0.25, -0.2) is 13.6 Å². The minimum atomic E-state index is -3.60. The molecule has 22 heavy (non-hydrogen) atoms. The molecule has 6 nitrogen and oxygen atoms in total. The first-order chi connectivity index (χ1) is 9.90. The summed E-state index contributed by atoms with van der Waals surface area (Å²) >= 11 is 0. The van der Waals surface area contributed by atoms with Crippen molar-refractivity contribution in [2.24, 2.45) is 10.9 Å². The molecule has 8 heteroatoms. The van der Waals surface area contributed by atoms with Crippen molar-refractivity contribution < 1.29 is 13.2 Å². The highest BCUT2D eigenvalue weighted by molar-refractivity contribution is 7.88. The fourth-order valence-electron chi connectivity index (χ4n) is 2.71. The van der Waals surface area contributed by atoms with E-state index in [0.29, 0.717) is 24.2 Å². The first-order valence-corrected chi connectivity index (χ1v) is 8.72. The van der Waals surface area contributed by atoms with Crippen LogP contribution in [0.15, 0.2) is 24.3 Å². The number of likely N-dealkylation sites (tertiary alicyclic amines) is 1. The number of amides is 1. The summed E-state index contributed by atoms with van der Waals surface area (Å²) in [7, 11) is -3.60. The number of rotatable bonds is 4. The zero-order valence-corrected chi connectivity index (χ0v) is 13.9. The zero-order valence-electron chi connectivity index (χ0n) is 12.3. The van der Waals surface area contributed by atoms with E-state index < -0.39 is 10.0 Å². The Bertz CT molecular complexity index is 622. The molecule has 1 heterocycles. The maximum atomic E-state index is 12.6. The summed E-state index contributed by atoms with van der Waals surface area (Å²) in [6.07, 6.45) is 2.97. The molecule has 124 valence electrons.